The van der Waals surface area contributed by atoms with E-state index in [1.807, 2.05) is 44.3 Å². The molecule has 1 aliphatic heterocycles. The molecule has 1 saturated heterocycles. The summed E-state index contributed by atoms with van der Waals surface area (Å²) in [6.07, 6.45) is 3.54. The van der Waals surface area contributed by atoms with E-state index in [0.717, 1.165) is 49.6 Å². The van der Waals surface area contributed by atoms with Crippen molar-refractivity contribution in [1.29, 1.82) is 0 Å². The average Bonchev–Trinajstić information content (AvgIpc) is 2.75. The zero-order chi connectivity index (χ0) is 19.8. The molecule has 29 heavy (non-hydrogen) atoms. The minimum absolute atomic E-state index is 0. The van der Waals surface area contributed by atoms with Crippen LogP contribution in [-0.2, 0) is 0 Å². The van der Waals surface area contributed by atoms with Crippen LogP contribution in [0.15, 0.2) is 47.7 Å². The summed E-state index contributed by atoms with van der Waals surface area (Å²) in [5.74, 6) is 3.24. The van der Waals surface area contributed by atoms with Crippen LogP contribution in [-0.4, -0.2) is 73.8 Å². The Morgan fingerprint density at radius 2 is 1.83 bits per heavy atom. The van der Waals surface area contributed by atoms with Gasteiger partial charge in [0, 0.05) is 51.7 Å². The highest BCUT2D eigenvalue weighted by Gasteiger charge is 2.21. The molecule has 0 aliphatic carbocycles. The number of aromatic nitrogens is 2. The molecule has 3 rings (SSSR count). The Morgan fingerprint density at radius 3 is 2.48 bits per heavy atom. The van der Waals surface area contributed by atoms with Crippen LogP contribution < -0.4 is 19.7 Å². The summed E-state index contributed by atoms with van der Waals surface area (Å²) in [6, 6.07) is 9.47. The number of nitrogens with one attached hydrogen (secondary N) is 1. The number of aliphatic imine (C=N–C) groups is 1. The summed E-state index contributed by atoms with van der Waals surface area (Å²) in [7, 11) is 3.46. The SMILES string of the molecule is CN=C(NCC(C)Oc1cccc(OC)c1)N1CCN(c2ncccn2)CC1.I. The molecule has 0 radical (unpaired) electrons. The lowest BCUT2D eigenvalue weighted by Crippen LogP contribution is -2.53. The van der Waals surface area contributed by atoms with E-state index in [9.17, 15) is 0 Å². The molecular weight excluding hydrogens is 483 g/mol. The fraction of sp³-hybridized carbons (Fsp3) is 0.450. The fourth-order valence-electron chi connectivity index (χ4n) is 3.09. The third-order valence-electron chi connectivity index (χ3n) is 4.55. The number of rotatable bonds is 6. The normalized spacial score (nSPS) is 15.3. The predicted molar refractivity (Wildman–Crippen MR) is 126 cm³/mol. The number of halogens is 1. The molecule has 1 atom stereocenters. The molecule has 0 saturated carbocycles. The summed E-state index contributed by atoms with van der Waals surface area (Å²) >= 11 is 0. The first-order valence-corrected chi connectivity index (χ1v) is 9.48. The van der Waals surface area contributed by atoms with Crippen LogP contribution in [0.4, 0.5) is 5.95 Å². The maximum absolute atomic E-state index is 5.97. The number of ether oxygens (including phenoxy) is 2. The molecule has 1 N–H and O–H groups in total. The lowest BCUT2D eigenvalue weighted by molar-refractivity contribution is 0.220. The third kappa shape index (κ3) is 6.62. The Morgan fingerprint density at radius 1 is 1.14 bits per heavy atom. The quantitative estimate of drug-likeness (QED) is 0.362. The van der Waals surface area contributed by atoms with E-state index in [-0.39, 0.29) is 30.1 Å². The zero-order valence-electron chi connectivity index (χ0n) is 17.1. The largest absolute Gasteiger partial charge is 0.497 e. The van der Waals surface area contributed by atoms with Gasteiger partial charge in [-0.2, -0.15) is 0 Å². The van der Waals surface area contributed by atoms with Crippen molar-refractivity contribution < 1.29 is 9.47 Å². The fourth-order valence-corrected chi connectivity index (χ4v) is 3.09. The molecular formula is C20H29IN6O2. The number of anilines is 1. The number of piperazine rings is 1. The zero-order valence-corrected chi connectivity index (χ0v) is 19.4. The maximum Gasteiger partial charge on any atom is 0.225 e. The summed E-state index contributed by atoms with van der Waals surface area (Å²) in [6.45, 7) is 6.14. The van der Waals surface area contributed by atoms with Gasteiger partial charge in [0.05, 0.1) is 13.7 Å². The second-order valence-corrected chi connectivity index (χ2v) is 6.56. The maximum atomic E-state index is 5.97. The lowest BCUT2D eigenvalue weighted by atomic mass is 10.3. The number of nitrogens with zero attached hydrogens (tertiary/aromatic N) is 5. The molecule has 1 unspecified atom stereocenters. The van der Waals surface area contributed by atoms with Crippen LogP contribution in [0.2, 0.25) is 0 Å². The Hall–Kier alpha value is -2.30. The van der Waals surface area contributed by atoms with Crippen molar-refractivity contribution in [2.24, 2.45) is 4.99 Å². The number of methoxy groups -OCH3 is 1. The van der Waals surface area contributed by atoms with Gasteiger partial charge in [-0.15, -0.1) is 24.0 Å². The second-order valence-electron chi connectivity index (χ2n) is 6.56. The van der Waals surface area contributed by atoms with Crippen molar-refractivity contribution in [1.82, 2.24) is 20.2 Å². The smallest absolute Gasteiger partial charge is 0.225 e. The van der Waals surface area contributed by atoms with Crippen LogP contribution in [0.25, 0.3) is 0 Å². The Bertz CT molecular complexity index is 769. The van der Waals surface area contributed by atoms with Crippen LogP contribution in [0.3, 0.4) is 0 Å². The second kappa shape index (κ2) is 11.6. The highest BCUT2D eigenvalue weighted by molar-refractivity contribution is 14.0. The predicted octanol–water partition coefficient (Wildman–Crippen LogP) is 2.27. The summed E-state index contributed by atoms with van der Waals surface area (Å²) in [5, 5.41) is 3.41. The van der Waals surface area contributed by atoms with Gasteiger partial charge in [-0.05, 0) is 25.1 Å². The lowest BCUT2D eigenvalue weighted by Gasteiger charge is -2.36. The van der Waals surface area contributed by atoms with Gasteiger partial charge in [0.25, 0.3) is 0 Å². The minimum Gasteiger partial charge on any atom is -0.497 e. The van der Waals surface area contributed by atoms with Crippen molar-refractivity contribution >= 4 is 35.9 Å². The Kier molecular flexibility index (Phi) is 9.23. The van der Waals surface area contributed by atoms with Crippen LogP contribution >= 0.6 is 24.0 Å². The van der Waals surface area contributed by atoms with Crippen molar-refractivity contribution in [3.63, 3.8) is 0 Å². The highest BCUT2D eigenvalue weighted by atomic mass is 127. The first kappa shape index (κ1) is 23.0. The van der Waals surface area contributed by atoms with E-state index in [1.165, 1.54) is 0 Å². The average molecular weight is 512 g/mol. The third-order valence-corrected chi connectivity index (χ3v) is 4.55. The summed E-state index contributed by atoms with van der Waals surface area (Å²) in [5.41, 5.74) is 0. The van der Waals surface area contributed by atoms with Gasteiger partial charge in [0.2, 0.25) is 5.95 Å². The molecule has 1 aromatic carbocycles. The molecule has 1 fully saturated rings. The van der Waals surface area contributed by atoms with E-state index in [2.05, 4.69) is 30.1 Å². The van der Waals surface area contributed by atoms with Crippen molar-refractivity contribution in [2.45, 2.75) is 13.0 Å². The number of hydrogen-bond donors (Lipinski definition) is 1. The van der Waals surface area contributed by atoms with Crippen LogP contribution in [0.5, 0.6) is 11.5 Å². The van der Waals surface area contributed by atoms with Crippen LogP contribution in [0.1, 0.15) is 6.92 Å². The highest BCUT2D eigenvalue weighted by Crippen LogP contribution is 2.19. The molecule has 2 heterocycles. The van der Waals surface area contributed by atoms with Gasteiger partial charge in [-0.25, -0.2) is 9.97 Å². The van der Waals surface area contributed by atoms with Crippen molar-refractivity contribution in [3.05, 3.63) is 42.7 Å². The summed E-state index contributed by atoms with van der Waals surface area (Å²) < 4.78 is 11.2. The van der Waals surface area contributed by atoms with E-state index in [4.69, 9.17) is 9.47 Å². The topological polar surface area (TPSA) is 75.1 Å². The van der Waals surface area contributed by atoms with Gasteiger partial charge < -0.3 is 24.6 Å². The first-order chi connectivity index (χ1) is 13.7. The van der Waals surface area contributed by atoms with Gasteiger partial charge in [-0.1, -0.05) is 6.07 Å². The molecule has 0 amide bonds. The first-order valence-electron chi connectivity index (χ1n) is 9.48. The monoisotopic (exact) mass is 512 g/mol. The molecule has 9 heteroatoms. The molecule has 0 bridgehead atoms. The van der Waals surface area contributed by atoms with Gasteiger partial charge >= 0.3 is 0 Å². The molecule has 8 nitrogen and oxygen atoms in total. The van der Waals surface area contributed by atoms with Gasteiger partial charge in [0.15, 0.2) is 5.96 Å². The van der Waals surface area contributed by atoms with Gasteiger partial charge in [-0.3, -0.25) is 4.99 Å². The van der Waals surface area contributed by atoms with E-state index in [1.54, 1.807) is 19.5 Å². The van der Waals surface area contributed by atoms with Gasteiger partial charge in [0.1, 0.15) is 17.6 Å². The Labute approximate surface area is 189 Å². The van der Waals surface area contributed by atoms with E-state index < -0.39 is 0 Å². The molecule has 2 aromatic rings. The number of guanidine groups is 1. The van der Waals surface area contributed by atoms with E-state index >= 15 is 0 Å². The standard InChI is InChI=1S/C20H28N6O2.HI/c1-16(28-18-7-4-6-17(14-18)27-3)15-24-19(21-2)25-10-12-26(13-11-25)20-22-8-5-9-23-20;/h4-9,14,16H,10-13,15H2,1-3H3,(H,21,24);1H. The molecule has 1 aliphatic rings. The van der Waals surface area contributed by atoms with Crippen molar-refractivity contribution in [3.8, 4) is 11.5 Å². The van der Waals surface area contributed by atoms with Crippen LogP contribution in [0, 0.1) is 0 Å². The van der Waals surface area contributed by atoms with E-state index in [0.29, 0.717) is 6.54 Å². The van der Waals surface area contributed by atoms with Crippen molar-refractivity contribution in [2.75, 3.05) is 51.8 Å². The molecule has 158 valence electrons. The molecule has 0 spiro atoms. The number of benzene rings is 1. The number of hydrogen-bond acceptors (Lipinski definition) is 6. The minimum atomic E-state index is -0.0112. The molecule has 1 aromatic heterocycles. The summed E-state index contributed by atoms with van der Waals surface area (Å²) in [4.78, 5) is 17.5. The Balaban J connectivity index is 0.00000300.